The van der Waals surface area contributed by atoms with Gasteiger partial charge in [0.25, 0.3) is 5.89 Å². The molecule has 0 bridgehead atoms. The summed E-state index contributed by atoms with van der Waals surface area (Å²) < 4.78 is 15.9. The van der Waals surface area contributed by atoms with Crippen molar-refractivity contribution in [1.82, 2.24) is 15.5 Å². The first kappa shape index (κ1) is 14.8. The van der Waals surface area contributed by atoms with Gasteiger partial charge in [-0.1, -0.05) is 5.16 Å². The van der Waals surface area contributed by atoms with Crippen molar-refractivity contribution in [3.8, 4) is 17.1 Å². The number of hydrogen-bond acceptors (Lipinski definition) is 6. The van der Waals surface area contributed by atoms with E-state index in [2.05, 4.69) is 15.5 Å². The van der Waals surface area contributed by atoms with Crippen LogP contribution in [0.2, 0.25) is 0 Å². The van der Waals surface area contributed by atoms with Crippen LogP contribution in [0.1, 0.15) is 12.0 Å². The van der Waals surface area contributed by atoms with Crippen LogP contribution < -0.4 is 10.1 Å². The van der Waals surface area contributed by atoms with Crippen LogP contribution in [0.3, 0.4) is 0 Å². The predicted octanol–water partition coefficient (Wildman–Crippen LogP) is 1.83. The first-order valence-electron chi connectivity index (χ1n) is 6.17. The zero-order valence-corrected chi connectivity index (χ0v) is 11.9. The summed E-state index contributed by atoms with van der Waals surface area (Å²) in [6.45, 7) is 2.21. The maximum atomic E-state index is 5.57. The third kappa shape index (κ3) is 3.09. The van der Waals surface area contributed by atoms with E-state index in [1.807, 2.05) is 24.3 Å². The Morgan fingerprint density at radius 3 is 2.75 bits per heavy atom. The molecule has 6 nitrogen and oxygen atoms in total. The van der Waals surface area contributed by atoms with Gasteiger partial charge in [0.2, 0.25) is 5.82 Å². The molecule has 1 fully saturated rings. The van der Waals surface area contributed by atoms with Crippen LogP contribution >= 0.6 is 12.4 Å². The standard InChI is InChI=1S/C13H15N3O3.ClH/c1-17-10-4-2-9(3-5-10)12-15-13(19-16-12)11-8-14-6-7-18-11;/h2-5,11,14H,6-8H2,1H3;1H/t11-;/m1./s1. The van der Waals surface area contributed by atoms with Crippen LogP contribution in [0.4, 0.5) is 0 Å². The largest absolute Gasteiger partial charge is 0.497 e. The molecule has 108 valence electrons. The molecule has 1 atom stereocenters. The monoisotopic (exact) mass is 297 g/mol. The third-order valence-electron chi connectivity index (χ3n) is 2.99. The number of halogens is 1. The molecule has 0 unspecified atom stereocenters. The van der Waals surface area contributed by atoms with Crippen LogP contribution in [0.5, 0.6) is 5.75 Å². The summed E-state index contributed by atoms with van der Waals surface area (Å²) in [5.74, 6) is 1.87. The molecule has 1 aliphatic heterocycles. The number of rotatable bonds is 3. The lowest BCUT2D eigenvalue weighted by molar-refractivity contribution is 0.00755. The molecule has 0 spiro atoms. The summed E-state index contributed by atoms with van der Waals surface area (Å²) in [5.41, 5.74) is 0.888. The van der Waals surface area contributed by atoms with Crippen LogP contribution in [0, 0.1) is 0 Å². The maximum absolute atomic E-state index is 5.57. The quantitative estimate of drug-likeness (QED) is 0.932. The molecule has 1 saturated heterocycles. The van der Waals surface area contributed by atoms with E-state index in [-0.39, 0.29) is 18.5 Å². The average molecular weight is 298 g/mol. The van der Waals surface area contributed by atoms with Crippen LogP contribution in [0.25, 0.3) is 11.4 Å². The van der Waals surface area contributed by atoms with E-state index in [1.54, 1.807) is 7.11 Å². The smallest absolute Gasteiger partial charge is 0.257 e. The molecule has 1 aromatic heterocycles. The normalized spacial score (nSPS) is 18.4. The minimum atomic E-state index is -0.159. The zero-order valence-electron chi connectivity index (χ0n) is 11.0. The van der Waals surface area contributed by atoms with Crippen LogP contribution in [-0.4, -0.2) is 36.9 Å². The molecule has 2 heterocycles. The van der Waals surface area contributed by atoms with E-state index in [4.69, 9.17) is 14.0 Å². The highest BCUT2D eigenvalue weighted by Gasteiger charge is 2.22. The Bertz CT molecular complexity index is 538. The molecule has 0 aliphatic carbocycles. The van der Waals surface area contributed by atoms with Gasteiger partial charge in [-0.15, -0.1) is 12.4 Å². The summed E-state index contributed by atoms with van der Waals surface area (Å²) in [7, 11) is 1.63. The Morgan fingerprint density at radius 1 is 1.30 bits per heavy atom. The third-order valence-corrected chi connectivity index (χ3v) is 2.99. The molecule has 0 amide bonds. The number of ether oxygens (including phenoxy) is 2. The van der Waals surface area contributed by atoms with Crippen molar-refractivity contribution in [2.45, 2.75) is 6.10 Å². The van der Waals surface area contributed by atoms with E-state index >= 15 is 0 Å². The van der Waals surface area contributed by atoms with Gasteiger partial charge in [-0.3, -0.25) is 0 Å². The van der Waals surface area contributed by atoms with Crippen LogP contribution in [0.15, 0.2) is 28.8 Å². The summed E-state index contributed by atoms with van der Waals surface area (Å²) in [6, 6.07) is 7.52. The van der Waals surface area contributed by atoms with Gasteiger partial charge in [-0.25, -0.2) is 0 Å². The van der Waals surface area contributed by atoms with E-state index in [9.17, 15) is 0 Å². The van der Waals surface area contributed by atoms with Gasteiger partial charge < -0.3 is 19.3 Å². The molecule has 7 heteroatoms. The molecule has 0 saturated carbocycles. The predicted molar refractivity (Wildman–Crippen MR) is 75.1 cm³/mol. The van der Waals surface area contributed by atoms with Gasteiger partial charge in [0.15, 0.2) is 0 Å². The Balaban J connectivity index is 0.00000147. The number of benzene rings is 1. The van der Waals surface area contributed by atoms with Crippen molar-refractivity contribution in [1.29, 1.82) is 0 Å². The Morgan fingerprint density at radius 2 is 2.10 bits per heavy atom. The Hall–Kier alpha value is -1.63. The summed E-state index contributed by atoms with van der Waals surface area (Å²) in [4.78, 5) is 4.38. The van der Waals surface area contributed by atoms with Gasteiger partial charge in [0.05, 0.1) is 13.7 Å². The highest BCUT2D eigenvalue weighted by Crippen LogP contribution is 2.23. The van der Waals surface area contributed by atoms with Crippen molar-refractivity contribution >= 4 is 12.4 Å². The second-order valence-electron chi connectivity index (χ2n) is 4.25. The molecular formula is C13H16ClN3O3. The SMILES string of the molecule is COc1ccc(-c2noc([C@H]3CNCCO3)n2)cc1.Cl. The van der Waals surface area contributed by atoms with E-state index < -0.39 is 0 Å². The fourth-order valence-electron chi connectivity index (χ4n) is 1.95. The van der Waals surface area contributed by atoms with Gasteiger partial charge in [0.1, 0.15) is 11.9 Å². The molecule has 0 radical (unpaired) electrons. The minimum Gasteiger partial charge on any atom is -0.497 e. The lowest BCUT2D eigenvalue weighted by Gasteiger charge is -2.19. The van der Waals surface area contributed by atoms with E-state index in [0.717, 1.165) is 17.9 Å². The Labute approximate surface area is 122 Å². The van der Waals surface area contributed by atoms with Gasteiger partial charge in [0, 0.05) is 18.7 Å². The molecular weight excluding hydrogens is 282 g/mol. The highest BCUT2D eigenvalue weighted by atomic mass is 35.5. The average Bonchev–Trinajstić information content (AvgIpc) is 2.98. The first-order valence-corrected chi connectivity index (χ1v) is 6.17. The molecule has 1 aliphatic rings. The minimum absolute atomic E-state index is 0. The number of morpholine rings is 1. The van der Waals surface area contributed by atoms with Crippen molar-refractivity contribution < 1.29 is 14.0 Å². The van der Waals surface area contributed by atoms with Crippen molar-refractivity contribution in [2.24, 2.45) is 0 Å². The fraction of sp³-hybridized carbons (Fsp3) is 0.385. The summed E-state index contributed by atoms with van der Waals surface area (Å²) >= 11 is 0. The molecule has 20 heavy (non-hydrogen) atoms. The topological polar surface area (TPSA) is 69.4 Å². The number of hydrogen-bond donors (Lipinski definition) is 1. The van der Waals surface area contributed by atoms with Gasteiger partial charge in [-0.2, -0.15) is 4.98 Å². The lowest BCUT2D eigenvalue weighted by atomic mass is 10.2. The van der Waals surface area contributed by atoms with E-state index in [0.29, 0.717) is 24.9 Å². The molecule has 1 aromatic carbocycles. The second kappa shape index (κ2) is 6.69. The number of nitrogens with zero attached hydrogens (tertiary/aromatic N) is 2. The number of nitrogens with one attached hydrogen (secondary N) is 1. The van der Waals surface area contributed by atoms with Crippen molar-refractivity contribution in [3.05, 3.63) is 30.2 Å². The van der Waals surface area contributed by atoms with Crippen molar-refractivity contribution in [2.75, 3.05) is 26.8 Å². The highest BCUT2D eigenvalue weighted by molar-refractivity contribution is 5.85. The summed E-state index contributed by atoms with van der Waals surface area (Å²) in [5, 5.41) is 7.21. The molecule has 2 aromatic rings. The number of methoxy groups -OCH3 is 1. The van der Waals surface area contributed by atoms with Gasteiger partial charge in [-0.05, 0) is 24.3 Å². The Kier molecular flexibility index (Phi) is 4.94. The fourth-order valence-corrected chi connectivity index (χ4v) is 1.95. The van der Waals surface area contributed by atoms with Crippen molar-refractivity contribution in [3.63, 3.8) is 0 Å². The van der Waals surface area contributed by atoms with E-state index in [1.165, 1.54) is 0 Å². The number of aromatic nitrogens is 2. The summed E-state index contributed by atoms with van der Waals surface area (Å²) in [6.07, 6.45) is -0.159. The van der Waals surface area contributed by atoms with Gasteiger partial charge >= 0.3 is 0 Å². The zero-order chi connectivity index (χ0) is 13.1. The molecule has 3 rings (SSSR count). The molecule has 1 N–H and O–H groups in total. The van der Waals surface area contributed by atoms with Crippen LogP contribution in [-0.2, 0) is 4.74 Å². The first-order chi connectivity index (χ1) is 9.36. The maximum Gasteiger partial charge on any atom is 0.257 e. The second-order valence-corrected chi connectivity index (χ2v) is 4.25. The lowest BCUT2D eigenvalue weighted by Crippen LogP contribution is -2.33.